The van der Waals surface area contributed by atoms with Crippen LogP contribution < -0.4 is 2.77 Å². The maximum absolute atomic E-state index is 5.03. The van der Waals surface area contributed by atoms with Gasteiger partial charge in [-0.05, 0) is 0 Å². The van der Waals surface area contributed by atoms with Gasteiger partial charge in [-0.2, -0.15) is 0 Å². The van der Waals surface area contributed by atoms with Crippen LogP contribution in [0.5, 0.6) is 5.75 Å². The van der Waals surface area contributed by atoms with Gasteiger partial charge < -0.3 is 0 Å². The third kappa shape index (κ3) is 1.45. The molecule has 0 atom stereocenters. The van der Waals surface area contributed by atoms with Gasteiger partial charge in [0.1, 0.15) is 0 Å². The van der Waals surface area contributed by atoms with Crippen LogP contribution in [-0.2, 0) is 0 Å². The molecular formula is C6H6OPo. The first-order chi connectivity index (χ1) is 3.93. The first-order valence-corrected chi connectivity index (χ1v) is 3.72. The molecule has 0 bridgehead atoms. The minimum atomic E-state index is 0.954. The molecule has 2 heteroatoms. The second kappa shape index (κ2) is 3.04. The Balaban J connectivity index is 2.83. The van der Waals surface area contributed by atoms with Gasteiger partial charge in [0, 0.05) is 0 Å². The standard InChI is InChI=1S/C6H6O.Po.H/c7-6-4-2-1-3-5-6;;/h1-5,7H;;/q;+1;/p-1. The molecule has 0 aliphatic heterocycles. The number of hydrogen-bond acceptors (Lipinski definition) is 1. The Kier molecular flexibility index (Phi) is 2.30. The number of rotatable bonds is 1. The molecule has 0 heterocycles. The van der Waals surface area contributed by atoms with E-state index in [9.17, 15) is 0 Å². The SMILES string of the molecule is [PoH][O]c1ccccc1. The quantitative estimate of drug-likeness (QED) is 0.748. The van der Waals surface area contributed by atoms with Crippen LogP contribution in [0.1, 0.15) is 0 Å². The Morgan fingerprint density at radius 2 is 1.75 bits per heavy atom. The summed E-state index contributed by atoms with van der Waals surface area (Å²) in [6.45, 7) is 0. The summed E-state index contributed by atoms with van der Waals surface area (Å²) in [4.78, 5) is 0. The van der Waals surface area contributed by atoms with Crippen LogP contribution in [0.15, 0.2) is 30.3 Å². The van der Waals surface area contributed by atoms with Crippen LogP contribution in [0.3, 0.4) is 0 Å². The van der Waals surface area contributed by atoms with Gasteiger partial charge in [0.05, 0.1) is 0 Å². The average Bonchev–Trinajstić information content (AvgIpc) is 1.90. The van der Waals surface area contributed by atoms with E-state index in [1.54, 1.807) is 0 Å². The molecule has 1 rings (SSSR count). The Labute approximate surface area is 64.4 Å². The molecule has 1 aromatic rings. The van der Waals surface area contributed by atoms with Gasteiger partial charge in [-0.1, -0.05) is 0 Å². The van der Waals surface area contributed by atoms with Crippen LogP contribution in [0.4, 0.5) is 0 Å². The predicted octanol–water partition coefficient (Wildman–Crippen LogP) is 0.881. The van der Waals surface area contributed by atoms with Crippen LogP contribution in [0, 0.1) is 0 Å². The van der Waals surface area contributed by atoms with E-state index in [0.29, 0.717) is 0 Å². The Morgan fingerprint density at radius 3 is 2.12 bits per heavy atom. The van der Waals surface area contributed by atoms with E-state index < -0.39 is 0 Å². The fourth-order valence-electron chi connectivity index (χ4n) is 0.481. The zero-order chi connectivity index (χ0) is 5.82. The van der Waals surface area contributed by atoms with Crippen molar-refractivity contribution in [2.45, 2.75) is 0 Å². The van der Waals surface area contributed by atoms with Crippen molar-refractivity contribution < 1.29 is 2.77 Å². The monoisotopic (exact) mass is 303 g/mol. The summed E-state index contributed by atoms with van der Waals surface area (Å²) in [5.41, 5.74) is 0. The molecule has 0 spiro atoms. The molecule has 0 amide bonds. The number of hydrogen-bond donors (Lipinski definition) is 0. The van der Waals surface area contributed by atoms with E-state index in [0.717, 1.165) is 31.3 Å². The first-order valence-electron chi connectivity index (χ1n) is 2.30. The molecule has 0 fully saturated rings. The Hall–Kier alpha value is -0.0839. The van der Waals surface area contributed by atoms with Crippen molar-refractivity contribution in [1.29, 1.82) is 0 Å². The summed E-state index contributed by atoms with van der Waals surface area (Å²) >= 11 is 0.954. The zero-order valence-electron chi connectivity index (χ0n) is 4.24. The van der Waals surface area contributed by atoms with Crippen LogP contribution >= 0.6 is 0 Å². The fraction of sp³-hybridized carbons (Fsp3) is 0. The normalized spacial score (nSPS) is 8.62. The average molecular weight is 303 g/mol. The second-order valence-electron chi connectivity index (χ2n) is 1.40. The predicted molar refractivity (Wildman–Crippen MR) is 34.2 cm³/mol. The van der Waals surface area contributed by atoms with E-state index >= 15 is 0 Å². The van der Waals surface area contributed by atoms with E-state index in [4.69, 9.17) is 2.77 Å². The van der Waals surface area contributed by atoms with Crippen molar-refractivity contribution in [3.63, 3.8) is 0 Å². The van der Waals surface area contributed by atoms with Gasteiger partial charge in [0.2, 0.25) is 0 Å². The van der Waals surface area contributed by atoms with Gasteiger partial charge in [-0.15, -0.1) is 0 Å². The molecule has 0 aromatic heterocycles. The molecule has 8 heavy (non-hydrogen) atoms. The third-order valence-electron chi connectivity index (χ3n) is 0.849. The van der Waals surface area contributed by atoms with E-state index in [2.05, 4.69) is 0 Å². The Morgan fingerprint density at radius 1 is 1.12 bits per heavy atom. The van der Waals surface area contributed by atoms with E-state index in [1.165, 1.54) is 0 Å². The number of para-hydroxylation sites is 1. The molecule has 0 saturated heterocycles. The van der Waals surface area contributed by atoms with Crippen LogP contribution in [0.25, 0.3) is 0 Å². The molecule has 1 aromatic carbocycles. The molecular weight excluding hydrogens is 297 g/mol. The molecule has 0 unspecified atom stereocenters. The van der Waals surface area contributed by atoms with Crippen molar-refractivity contribution in [1.82, 2.24) is 0 Å². The number of benzene rings is 1. The van der Waals surface area contributed by atoms with E-state index in [1.807, 2.05) is 30.3 Å². The molecule has 42 valence electrons. The Bertz CT molecular complexity index is 150. The van der Waals surface area contributed by atoms with Gasteiger partial charge in [0.25, 0.3) is 0 Å². The van der Waals surface area contributed by atoms with Crippen molar-refractivity contribution in [3.8, 4) is 5.75 Å². The second-order valence-corrected chi connectivity index (χ2v) is 2.11. The molecule has 1 nitrogen and oxygen atoms in total. The van der Waals surface area contributed by atoms with Gasteiger partial charge in [0.15, 0.2) is 0 Å². The summed E-state index contributed by atoms with van der Waals surface area (Å²) in [5.74, 6) is 0.959. The van der Waals surface area contributed by atoms with Crippen molar-refractivity contribution in [2.75, 3.05) is 0 Å². The van der Waals surface area contributed by atoms with Crippen molar-refractivity contribution >= 4 is 25.5 Å². The zero-order valence-corrected chi connectivity index (χ0v) is 7.72. The fourth-order valence-corrected chi connectivity index (χ4v) is 0.955. The summed E-state index contributed by atoms with van der Waals surface area (Å²) in [6.07, 6.45) is 0. The van der Waals surface area contributed by atoms with Crippen LogP contribution in [0.2, 0.25) is 0 Å². The summed E-state index contributed by atoms with van der Waals surface area (Å²) in [6, 6.07) is 9.78. The summed E-state index contributed by atoms with van der Waals surface area (Å²) in [5, 5.41) is 0. The summed E-state index contributed by atoms with van der Waals surface area (Å²) in [7, 11) is 0. The van der Waals surface area contributed by atoms with Gasteiger partial charge >= 0.3 is 64.4 Å². The third-order valence-corrected chi connectivity index (χ3v) is 1.67. The molecule has 0 radical (unpaired) electrons. The molecule has 0 N–H and O–H groups in total. The van der Waals surface area contributed by atoms with Crippen LogP contribution in [-0.4, -0.2) is 25.5 Å². The topological polar surface area (TPSA) is 9.23 Å². The van der Waals surface area contributed by atoms with Crippen molar-refractivity contribution in [3.05, 3.63) is 30.3 Å². The minimum absolute atomic E-state index is 0.954. The van der Waals surface area contributed by atoms with Gasteiger partial charge in [-0.3, -0.25) is 0 Å². The molecule has 0 aliphatic rings. The van der Waals surface area contributed by atoms with Crippen molar-refractivity contribution in [2.24, 2.45) is 0 Å². The van der Waals surface area contributed by atoms with Gasteiger partial charge in [-0.25, -0.2) is 0 Å². The van der Waals surface area contributed by atoms with E-state index in [-0.39, 0.29) is 0 Å². The summed E-state index contributed by atoms with van der Waals surface area (Å²) < 4.78 is 5.03. The molecule has 0 aliphatic carbocycles. The first kappa shape index (κ1) is 6.04. The maximum atomic E-state index is 5.03. The molecule has 0 saturated carbocycles.